The van der Waals surface area contributed by atoms with Gasteiger partial charge in [0, 0.05) is 0 Å². The third-order valence-corrected chi connectivity index (χ3v) is 7.76. The first-order chi connectivity index (χ1) is 15.1. The van der Waals surface area contributed by atoms with E-state index >= 15 is 0 Å². The minimum Gasteiger partial charge on any atom is -0.204 e. The number of halogens is 3. The summed E-state index contributed by atoms with van der Waals surface area (Å²) in [6, 6.07) is 2.37. The monoisotopic (exact) mass is 434 g/mol. The summed E-state index contributed by atoms with van der Waals surface area (Å²) in [4.78, 5) is 0. The summed E-state index contributed by atoms with van der Waals surface area (Å²) < 4.78 is 40.3. The van der Waals surface area contributed by atoms with Crippen LogP contribution in [0.15, 0.2) is 24.3 Å². The molecule has 2 aliphatic carbocycles. The predicted molar refractivity (Wildman–Crippen MR) is 124 cm³/mol. The zero-order valence-electron chi connectivity index (χ0n) is 19.4. The molecule has 0 unspecified atom stereocenters. The average Bonchev–Trinajstić information content (AvgIpc) is 2.79. The molecule has 31 heavy (non-hydrogen) atoms. The summed E-state index contributed by atoms with van der Waals surface area (Å²) >= 11 is 0. The Labute approximate surface area is 187 Å². The van der Waals surface area contributed by atoms with Gasteiger partial charge < -0.3 is 0 Å². The highest BCUT2D eigenvalue weighted by atomic mass is 19.2. The minimum atomic E-state index is -1.36. The van der Waals surface area contributed by atoms with Crippen LogP contribution in [0.1, 0.15) is 115 Å². The Hall–Kier alpha value is -1.25. The fraction of sp³-hybridized carbons (Fsp3) is 0.714. The number of benzene rings is 1. The van der Waals surface area contributed by atoms with E-state index in [2.05, 4.69) is 19.1 Å². The number of unbranched alkanes of at least 4 members (excludes halogenated alkanes) is 5. The van der Waals surface area contributed by atoms with Gasteiger partial charge in [0.25, 0.3) is 0 Å². The quantitative estimate of drug-likeness (QED) is 0.195. The fourth-order valence-corrected chi connectivity index (χ4v) is 5.65. The van der Waals surface area contributed by atoms with E-state index in [-0.39, 0.29) is 5.92 Å². The fourth-order valence-electron chi connectivity index (χ4n) is 5.65. The smallest absolute Gasteiger partial charge is 0.194 e. The lowest BCUT2D eigenvalue weighted by Gasteiger charge is -2.29. The first-order valence-electron chi connectivity index (χ1n) is 12.9. The van der Waals surface area contributed by atoms with Crippen LogP contribution in [-0.2, 0) is 0 Å². The summed E-state index contributed by atoms with van der Waals surface area (Å²) in [5.74, 6) is -1.09. The molecule has 0 nitrogen and oxygen atoms in total. The molecule has 0 heterocycles. The van der Waals surface area contributed by atoms with E-state index in [9.17, 15) is 13.2 Å². The molecular weight excluding hydrogens is 393 g/mol. The molecule has 2 fully saturated rings. The van der Waals surface area contributed by atoms with Gasteiger partial charge in [0.1, 0.15) is 0 Å². The molecule has 0 aliphatic heterocycles. The van der Waals surface area contributed by atoms with Crippen molar-refractivity contribution in [2.45, 2.75) is 109 Å². The summed E-state index contributed by atoms with van der Waals surface area (Å²) in [7, 11) is 0. The summed E-state index contributed by atoms with van der Waals surface area (Å²) in [5.41, 5.74) is 0.613. The van der Waals surface area contributed by atoms with Crippen molar-refractivity contribution in [1.82, 2.24) is 0 Å². The topological polar surface area (TPSA) is 0 Å². The van der Waals surface area contributed by atoms with Crippen molar-refractivity contribution in [1.29, 1.82) is 0 Å². The van der Waals surface area contributed by atoms with E-state index in [4.69, 9.17) is 0 Å². The molecule has 0 radical (unpaired) electrons. The van der Waals surface area contributed by atoms with Crippen LogP contribution in [0.25, 0.3) is 0 Å². The Kier molecular flexibility index (Phi) is 9.99. The van der Waals surface area contributed by atoms with Crippen LogP contribution < -0.4 is 0 Å². The molecule has 0 spiro atoms. The molecule has 0 saturated heterocycles. The van der Waals surface area contributed by atoms with Gasteiger partial charge in [0.15, 0.2) is 17.5 Å². The molecule has 3 rings (SSSR count). The Morgan fingerprint density at radius 3 is 1.81 bits per heavy atom. The molecule has 0 atom stereocenters. The van der Waals surface area contributed by atoms with Crippen molar-refractivity contribution < 1.29 is 13.2 Å². The predicted octanol–water partition coefficient (Wildman–Crippen LogP) is 9.49. The number of allylic oxidation sites excluding steroid dienone is 2. The second kappa shape index (κ2) is 12.7. The zero-order valence-corrected chi connectivity index (χ0v) is 19.4. The maximum absolute atomic E-state index is 13.5. The first-order valence-corrected chi connectivity index (χ1v) is 12.9. The lowest BCUT2D eigenvalue weighted by Crippen LogP contribution is -2.15. The Bertz CT molecular complexity index is 656. The average molecular weight is 435 g/mol. The molecule has 1 aromatic rings. The molecule has 0 bridgehead atoms. The van der Waals surface area contributed by atoms with Crippen LogP contribution in [0.4, 0.5) is 13.2 Å². The lowest BCUT2D eigenvalue weighted by atomic mass is 9.76. The molecule has 3 heteroatoms. The van der Waals surface area contributed by atoms with Gasteiger partial charge in [-0.25, -0.2) is 13.2 Å². The van der Waals surface area contributed by atoms with Crippen molar-refractivity contribution in [3.8, 4) is 0 Å². The van der Waals surface area contributed by atoms with Crippen LogP contribution in [0.5, 0.6) is 0 Å². The zero-order chi connectivity index (χ0) is 22.1. The second-order valence-corrected chi connectivity index (χ2v) is 10.1. The Morgan fingerprint density at radius 2 is 1.23 bits per heavy atom. The largest absolute Gasteiger partial charge is 0.204 e. The van der Waals surface area contributed by atoms with Gasteiger partial charge in [-0.3, -0.25) is 0 Å². The maximum atomic E-state index is 13.5. The van der Waals surface area contributed by atoms with Gasteiger partial charge in [-0.15, -0.1) is 0 Å². The molecule has 174 valence electrons. The van der Waals surface area contributed by atoms with Gasteiger partial charge in [-0.2, -0.15) is 0 Å². The molecular formula is C28H41F3. The van der Waals surface area contributed by atoms with Gasteiger partial charge in [-0.1, -0.05) is 64.0 Å². The van der Waals surface area contributed by atoms with E-state index in [1.54, 1.807) is 0 Å². The van der Waals surface area contributed by atoms with Crippen LogP contribution in [-0.4, -0.2) is 0 Å². The van der Waals surface area contributed by atoms with Crippen molar-refractivity contribution >= 4 is 0 Å². The lowest BCUT2D eigenvalue weighted by molar-refractivity contribution is 0.287. The molecule has 1 aromatic carbocycles. The van der Waals surface area contributed by atoms with E-state index in [1.807, 2.05) is 0 Å². The number of hydrogen-bond donors (Lipinski definition) is 0. The van der Waals surface area contributed by atoms with E-state index in [1.165, 1.54) is 82.8 Å². The van der Waals surface area contributed by atoms with Crippen molar-refractivity contribution in [2.24, 2.45) is 17.8 Å². The number of hydrogen-bond acceptors (Lipinski definition) is 0. The third-order valence-electron chi connectivity index (χ3n) is 7.76. The minimum absolute atomic E-state index is 0.145. The highest BCUT2D eigenvalue weighted by Gasteiger charge is 2.24. The highest BCUT2D eigenvalue weighted by Crippen LogP contribution is 2.38. The van der Waals surface area contributed by atoms with Crippen LogP contribution in [0.2, 0.25) is 0 Å². The molecule has 0 aromatic heterocycles. The molecule has 2 aliphatic rings. The summed E-state index contributed by atoms with van der Waals surface area (Å²) in [6.07, 6.45) is 24.1. The van der Waals surface area contributed by atoms with E-state index < -0.39 is 17.5 Å². The summed E-state index contributed by atoms with van der Waals surface area (Å²) in [5, 5.41) is 0. The first kappa shape index (κ1) is 24.4. The second-order valence-electron chi connectivity index (χ2n) is 10.1. The van der Waals surface area contributed by atoms with Gasteiger partial charge in [-0.05, 0) is 92.7 Å². The SMILES string of the molecule is CCCCCCCCC1CCC(/C=C/C2CCC(c3cc(F)c(F)c(F)c3)CC2)CC1. The van der Waals surface area contributed by atoms with Crippen LogP contribution in [0, 0.1) is 35.2 Å². The van der Waals surface area contributed by atoms with Crippen LogP contribution >= 0.6 is 0 Å². The van der Waals surface area contributed by atoms with Crippen molar-refractivity contribution in [3.63, 3.8) is 0 Å². The molecule has 2 saturated carbocycles. The van der Waals surface area contributed by atoms with Crippen molar-refractivity contribution in [3.05, 3.63) is 47.3 Å². The standard InChI is InChI=1S/C28H41F3/c1-2-3-4-5-6-7-8-21-9-11-22(12-10-21)13-14-23-15-17-24(18-16-23)25-19-26(29)28(31)27(30)20-25/h13-14,19-24H,2-12,15-18H2,1H3/b14-13+. The molecule has 0 amide bonds. The van der Waals surface area contributed by atoms with Crippen LogP contribution in [0.3, 0.4) is 0 Å². The Morgan fingerprint density at radius 1 is 0.710 bits per heavy atom. The third kappa shape index (κ3) is 7.68. The van der Waals surface area contributed by atoms with Crippen molar-refractivity contribution in [2.75, 3.05) is 0 Å². The van der Waals surface area contributed by atoms with Gasteiger partial charge in [0.2, 0.25) is 0 Å². The number of rotatable bonds is 10. The van der Waals surface area contributed by atoms with Gasteiger partial charge >= 0.3 is 0 Å². The normalized spacial score (nSPS) is 27.1. The van der Waals surface area contributed by atoms with E-state index in [0.29, 0.717) is 11.5 Å². The maximum Gasteiger partial charge on any atom is 0.194 e. The summed E-state index contributed by atoms with van der Waals surface area (Å²) in [6.45, 7) is 2.27. The molecule has 0 N–H and O–H groups in total. The van der Waals surface area contributed by atoms with E-state index in [0.717, 1.165) is 37.5 Å². The highest BCUT2D eigenvalue weighted by molar-refractivity contribution is 5.23. The van der Waals surface area contributed by atoms with Gasteiger partial charge in [0.05, 0.1) is 0 Å². The Balaban J connectivity index is 1.33.